The normalized spacial score (nSPS) is 27.2. The van der Waals surface area contributed by atoms with Crippen LogP contribution >= 0.6 is 0 Å². The largest absolute Gasteiger partial charge is 0.497 e. The smallest absolute Gasteiger partial charge is 0.119 e. The first-order chi connectivity index (χ1) is 9.28. The number of hydrogen-bond acceptors (Lipinski definition) is 2. The molecule has 3 atom stereocenters. The second-order valence-electron chi connectivity index (χ2n) is 5.85. The summed E-state index contributed by atoms with van der Waals surface area (Å²) < 4.78 is 5.36. The Kier molecular flexibility index (Phi) is 5.26. The maximum atomic E-state index is 5.99. The van der Waals surface area contributed by atoms with Crippen LogP contribution in [0.1, 0.15) is 50.5 Å². The lowest BCUT2D eigenvalue weighted by Gasteiger charge is -2.36. The molecule has 1 aromatic carbocycles. The number of rotatable bonds is 5. The van der Waals surface area contributed by atoms with Gasteiger partial charge in [0.05, 0.1) is 7.11 Å². The van der Waals surface area contributed by atoms with Gasteiger partial charge in [0.1, 0.15) is 5.75 Å². The molecular weight excluding hydrogens is 234 g/mol. The van der Waals surface area contributed by atoms with E-state index in [0.717, 1.165) is 18.2 Å². The van der Waals surface area contributed by atoms with Crippen molar-refractivity contribution in [2.75, 3.05) is 13.7 Å². The zero-order valence-corrected chi connectivity index (χ0v) is 12.3. The minimum absolute atomic E-state index is 0.616. The monoisotopic (exact) mass is 261 g/mol. The van der Waals surface area contributed by atoms with Crippen molar-refractivity contribution in [1.82, 2.24) is 0 Å². The van der Waals surface area contributed by atoms with Crippen molar-refractivity contribution < 1.29 is 4.74 Å². The lowest BCUT2D eigenvalue weighted by Crippen LogP contribution is -2.29. The van der Waals surface area contributed by atoms with Crippen LogP contribution in [0.15, 0.2) is 24.3 Å². The van der Waals surface area contributed by atoms with E-state index in [-0.39, 0.29) is 0 Å². The SMILES string of the molecule is CCCC1CCC(CN)C(c2cccc(OC)c2)C1. The van der Waals surface area contributed by atoms with Crippen LogP contribution in [0, 0.1) is 11.8 Å². The van der Waals surface area contributed by atoms with Gasteiger partial charge >= 0.3 is 0 Å². The predicted octanol–water partition coefficient (Wildman–Crippen LogP) is 3.95. The lowest BCUT2D eigenvalue weighted by atomic mass is 9.70. The van der Waals surface area contributed by atoms with Crippen molar-refractivity contribution >= 4 is 0 Å². The van der Waals surface area contributed by atoms with Crippen LogP contribution in [0.25, 0.3) is 0 Å². The Bertz CT molecular complexity index is 391. The van der Waals surface area contributed by atoms with E-state index in [1.807, 2.05) is 6.07 Å². The Morgan fingerprint density at radius 2 is 2.16 bits per heavy atom. The van der Waals surface area contributed by atoms with Gasteiger partial charge in [-0.1, -0.05) is 38.3 Å². The van der Waals surface area contributed by atoms with Gasteiger partial charge in [-0.25, -0.2) is 0 Å². The summed E-state index contributed by atoms with van der Waals surface area (Å²) in [6.45, 7) is 3.09. The minimum Gasteiger partial charge on any atom is -0.497 e. The average Bonchev–Trinajstić information content (AvgIpc) is 2.47. The number of benzene rings is 1. The zero-order chi connectivity index (χ0) is 13.7. The van der Waals surface area contributed by atoms with Crippen LogP contribution in [0.2, 0.25) is 0 Å². The zero-order valence-electron chi connectivity index (χ0n) is 12.3. The van der Waals surface area contributed by atoms with E-state index in [4.69, 9.17) is 10.5 Å². The maximum absolute atomic E-state index is 5.99. The molecule has 1 aliphatic rings. The Balaban J connectivity index is 2.16. The van der Waals surface area contributed by atoms with E-state index >= 15 is 0 Å². The fraction of sp³-hybridized carbons (Fsp3) is 0.647. The molecule has 2 nitrogen and oxygen atoms in total. The molecular formula is C17H27NO. The Hall–Kier alpha value is -1.02. The van der Waals surface area contributed by atoms with Crippen molar-refractivity contribution in [3.05, 3.63) is 29.8 Å². The number of nitrogens with two attached hydrogens (primary N) is 1. The van der Waals surface area contributed by atoms with Gasteiger partial charge in [0.25, 0.3) is 0 Å². The molecule has 106 valence electrons. The molecule has 0 bridgehead atoms. The van der Waals surface area contributed by atoms with Crippen molar-refractivity contribution in [2.24, 2.45) is 17.6 Å². The van der Waals surface area contributed by atoms with Crippen molar-refractivity contribution in [3.8, 4) is 5.75 Å². The van der Waals surface area contributed by atoms with Crippen molar-refractivity contribution in [2.45, 2.75) is 44.9 Å². The molecule has 2 heteroatoms. The molecule has 1 fully saturated rings. The summed E-state index contributed by atoms with van der Waals surface area (Å²) in [5.41, 5.74) is 7.40. The fourth-order valence-corrected chi connectivity index (χ4v) is 3.55. The first-order valence-electron chi connectivity index (χ1n) is 7.62. The lowest BCUT2D eigenvalue weighted by molar-refractivity contribution is 0.230. The van der Waals surface area contributed by atoms with Crippen LogP contribution in [0.4, 0.5) is 0 Å². The van der Waals surface area contributed by atoms with E-state index < -0.39 is 0 Å². The topological polar surface area (TPSA) is 35.2 Å². The first-order valence-corrected chi connectivity index (χ1v) is 7.62. The second-order valence-corrected chi connectivity index (χ2v) is 5.85. The molecule has 1 saturated carbocycles. The van der Waals surface area contributed by atoms with E-state index in [9.17, 15) is 0 Å². The molecule has 2 rings (SSSR count). The molecule has 0 aromatic heterocycles. The van der Waals surface area contributed by atoms with Crippen molar-refractivity contribution in [3.63, 3.8) is 0 Å². The summed E-state index contributed by atoms with van der Waals surface area (Å²) in [6.07, 6.45) is 6.59. The number of methoxy groups -OCH3 is 1. The molecule has 19 heavy (non-hydrogen) atoms. The minimum atomic E-state index is 0.616. The van der Waals surface area contributed by atoms with Crippen LogP contribution in [-0.4, -0.2) is 13.7 Å². The summed E-state index contributed by atoms with van der Waals surface area (Å²) in [6, 6.07) is 8.56. The summed E-state index contributed by atoms with van der Waals surface area (Å²) in [4.78, 5) is 0. The van der Waals surface area contributed by atoms with Gasteiger partial charge in [0.2, 0.25) is 0 Å². The number of hydrogen-bond donors (Lipinski definition) is 1. The van der Waals surface area contributed by atoms with Gasteiger partial charge in [0.15, 0.2) is 0 Å². The van der Waals surface area contributed by atoms with Gasteiger partial charge in [-0.05, 0) is 54.8 Å². The highest BCUT2D eigenvalue weighted by atomic mass is 16.5. The highest BCUT2D eigenvalue weighted by Crippen LogP contribution is 2.42. The third kappa shape index (κ3) is 3.50. The molecule has 1 aliphatic carbocycles. The molecule has 0 aliphatic heterocycles. The molecule has 3 unspecified atom stereocenters. The van der Waals surface area contributed by atoms with E-state index in [1.165, 1.54) is 37.7 Å². The van der Waals surface area contributed by atoms with Gasteiger partial charge in [-0.2, -0.15) is 0 Å². The maximum Gasteiger partial charge on any atom is 0.119 e. The van der Waals surface area contributed by atoms with Crippen LogP contribution < -0.4 is 10.5 Å². The molecule has 0 heterocycles. The van der Waals surface area contributed by atoms with Crippen LogP contribution in [0.5, 0.6) is 5.75 Å². The fourth-order valence-electron chi connectivity index (χ4n) is 3.55. The average molecular weight is 261 g/mol. The molecule has 0 saturated heterocycles. The number of ether oxygens (including phenoxy) is 1. The van der Waals surface area contributed by atoms with Gasteiger partial charge in [-0.15, -0.1) is 0 Å². The summed E-state index contributed by atoms with van der Waals surface area (Å²) in [5.74, 6) is 3.10. The molecule has 2 N–H and O–H groups in total. The van der Waals surface area contributed by atoms with E-state index in [0.29, 0.717) is 11.8 Å². The molecule has 1 aromatic rings. The Labute approximate surface area is 117 Å². The quantitative estimate of drug-likeness (QED) is 0.871. The van der Waals surface area contributed by atoms with E-state index in [1.54, 1.807) is 7.11 Å². The predicted molar refractivity (Wildman–Crippen MR) is 80.5 cm³/mol. The Morgan fingerprint density at radius 1 is 1.32 bits per heavy atom. The summed E-state index contributed by atoms with van der Waals surface area (Å²) in [5, 5.41) is 0. The first kappa shape index (κ1) is 14.4. The highest BCUT2D eigenvalue weighted by Gasteiger charge is 2.30. The van der Waals surface area contributed by atoms with Gasteiger partial charge in [0, 0.05) is 0 Å². The van der Waals surface area contributed by atoms with Crippen LogP contribution in [-0.2, 0) is 0 Å². The molecule has 0 radical (unpaired) electrons. The summed E-state index contributed by atoms with van der Waals surface area (Å²) in [7, 11) is 1.74. The van der Waals surface area contributed by atoms with Crippen molar-refractivity contribution in [1.29, 1.82) is 0 Å². The standard InChI is InChI=1S/C17H27NO/c1-3-5-13-8-9-15(12-18)17(10-13)14-6-4-7-16(11-14)19-2/h4,6-7,11,13,15,17H,3,5,8-10,12,18H2,1-2H3. The summed E-state index contributed by atoms with van der Waals surface area (Å²) >= 11 is 0. The highest BCUT2D eigenvalue weighted by molar-refractivity contribution is 5.31. The Morgan fingerprint density at radius 3 is 2.84 bits per heavy atom. The second kappa shape index (κ2) is 6.95. The van der Waals surface area contributed by atoms with Gasteiger partial charge in [-0.3, -0.25) is 0 Å². The van der Waals surface area contributed by atoms with Crippen LogP contribution in [0.3, 0.4) is 0 Å². The molecule has 0 spiro atoms. The molecule has 0 amide bonds. The van der Waals surface area contributed by atoms with E-state index in [2.05, 4.69) is 25.1 Å². The third-order valence-corrected chi connectivity index (χ3v) is 4.62. The van der Waals surface area contributed by atoms with Gasteiger partial charge < -0.3 is 10.5 Å². The third-order valence-electron chi connectivity index (χ3n) is 4.62.